The maximum Gasteiger partial charge on any atom is 0.264 e. The first-order valence-corrected chi connectivity index (χ1v) is 22.3. The van der Waals surface area contributed by atoms with Crippen molar-refractivity contribution in [2.24, 2.45) is 0 Å². The molecule has 0 spiro atoms. The summed E-state index contributed by atoms with van der Waals surface area (Å²) in [4.78, 5) is 33.0. The van der Waals surface area contributed by atoms with Gasteiger partial charge in [-0.1, -0.05) is 25.3 Å². The molecule has 9 rings (SSSR count). The third-order valence-electron chi connectivity index (χ3n) is 13.4. The van der Waals surface area contributed by atoms with Gasteiger partial charge in [-0.2, -0.15) is 5.10 Å². The number of carbonyl (C=O) groups is 2. The number of rotatable bonds is 8. The van der Waals surface area contributed by atoms with E-state index >= 15 is 0 Å². The SMILES string of the molecule is COc1ccc2c(c1)C=C(c1c(C(=O)N3CC4CCC(C3)N4C)cnn1C1CCOCC1)Cn1c-2c(C2CCCCC2)c2ccc(C(=O)NS(=O)(=O)C(C)C)cc21. The summed E-state index contributed by atoms with van der Waals surface area (Å²) in [6, 6.07) is 12.6. The van der Waals surface area contributed by atoms with Crippen molar-refractivity contribution in [2.75, 3.05) is 40.5 Å². The molecule has 3 saturated heterocycles. The number of nitrogens with zero attached hydrogens (tertiary/aromatic N) is 5. The molecule has 13 heteroatoms. The lowest BCUT2D eigenvalue weighted by atomic mass is 9.81. The quantitative estimate of drug-likeness (QED) is 0.205. The Morgan fingerprint density at radius 1 is 0.912 bits per heavy atom. The molecule has 1 N–H and O–H groups in total. The number of carbonyl (C=O) groups excluding carboxylic acids is 2. The molecule has 12 nitrogen and oxygen atoms in total. The number of piperazine rings is 1. The smallest absolute Gasteiger partial charge is 0.264 e. The highest BCUT2D eigenvalue weighted by Crippen LogP contribution is 2.48. The highest BCUT2D eigenvalue weighted by molar-refractivity contribution is 7.90. The maximum absolute atomic E-state index is 14.8. The summed E-state index contributed by atoms with van der Waals surface area (Å²) in [7, 11) is 0.0130. The molecule has 1 saturated carbocycles. The van der Waals surface area contributed by atoms with Crippen LogP contribution in [0.3, 0.4) is 0 Å². The molecule has 2 aromatic carbocycles. The Bertz CT molecular complexity index is 2350. The number of likely N-dealkylation sites (tertiary alicyclic amines) is 1. The summed E-state index contributed by atoms with van der Waals surface area (Å²) in [5, 5.41) is 5.32. The second-order valence-electron chi connectivity index (χ2n) is 17.0. The molecule has 1 aliphatic carbocycles. The Hall–Kier alpha value is -4.46. The van der Waals surface area contributed by atoms with E-state index in [2.05, 4.69) is 44.1 Å². The molecule has 57 heavy (non-hydrogen) atoms. The molecular formula is C44H54N6O6S. The number of amides is 2. The summed E-state index contributed by atoms with van der Waals surface area (Å²) >= 11 is 0. The van der Waals surface area contributed by atoms with E-state index in [4.69, 9.17) is 14.6 Å². The van der Waals surface area contributed by atoms with E-state index in [0.29, 0.717) is 56.4 Å². The fourth-order valence-electron chi connectivity index (χ4n) is 10.1. The van der Waals surface area contributed by atoms with Gasteiger partial charge >= 0.3 is 0 Å². The molecule has 4 fully saturated rings. The predicted octanol–water partition coefficient (Wildman–Crippen LogP) is 6.85. The highest BCUT2D eigenvalue weighted by Gasteiger charge is 2.41. The molecule has 2 bridgehead atoms. The summed E-state index contributed by atoms with van der Waals surface area (Å²) in [6.45, 7) is 6.17. The van der Waals surface area contributed by atoms with E-state index in [0.717, 1.165) is 96.1 Å². The fourth-order valence-corrected chi connectivity index (χ4v) is 10.7. The van der Waals surface area contributed by atoms with Crippen molar-refractivity contribution in [3.8, 4) is 17.0 Å². The molecule has 2 amide bonds. The van der Waals surface area contributed by atoms with E-state index in [9.17, 15) is 18.0 Å². The van der Waals surface area contributed by atoms with E-state index in [1.807, 2.05) is 23.1 Å². The number of hydrogen-bond donors (Lipinski definition) is 1. The number of methoxy groups -OCH3 is 1. The molecule has 6 heterocycles. The summed E-state index contributed by atoms with van der Waals surface area (Å²) in [6.07, 6.45) is 13.4. The normalized spacial score (nSPS) is 22.0. The van der Waals surface area contributed by atoms with Crippen molar-refractivity contribution in [3.05, 3.63) is 70.5 Å². The Labute approximate surface area is 335 Å². The van der Waals surface area contributed by atoms with Crippen molar-refractivity contribution in [2.45, 2.75) is 107 Å². The number of aromatic nitrogens is 3. The van der Waals surface area contributed by atoms with Gasteiger partial charge < -0.3 is 18.9 Å². The fraction of sp³-hybridized carbons (Fsp3) is 0.523. The van der Waals surface area contributed by atoms with Crippen molar-refractivity contribution in [1.29, 1.82) is 0 Å². The minimum Gasteiger partial charge on any atom is -0.497 e. The van der Waals surface area contributed by atoms with Crippen LogP contribution in [-0.2, 0) is 21.3 Å². The first kappa shape index (κ1) is 38.1. The van der Waals surface area contributed by atoms with Crippen molar-refractivity contribution in [3.63, 3.8) is 0 Å². The predicted molar refractivity (Wildman–Crippen MR) is 221 cm³/mol. The Morgan fingerprint density at radius 3 is 2.35 bits per heavy atom. The van der Waals surface area contributed by atoms with Crippen LogP contribution in [0.2, 0.25) is 0 Å². The van der Waals surface area contributed by atoms with Crippen LogP contribution in [0.5, 0.6) is 5.75 Å². The zero-order valence-corrected chi connectivity index (χ0v) is 34.3. The lowest BCUT2D eigenvalue weighted by Crippen LogP contribution is -2.53. The van der Waals surface area contributed by atoms with E-state index in [1.54, 1.807) is 33.2 Å². The molecule has 4 aliphatic heterocycles. The van der Waals surface area contributed by atoms with Gasteiger partial charge in [0.1, 0.15) is 5.75 Å². The summed E-state index contributed by atoms with van der Waals surface area (Å²) in [5.74, 6) is 0.407. The number of likely N-dealkylation sites (N-methyl/N-ethyl adjacent to an activating group) is 1. The number of benzene rings is 2. The molecular weight excluding hydrogens is 741 g/mol. The number of nitrogens with one attached hydrogen (secondary N) is 1. The van der Waals surface area contributed by atoms with Crippen LogP contribution in [0.1, 0.15) is 121 Å². The largest absolute Gasteiger partial charge is 0.497 e. The topological polar surface area (TPSA) is 128 Å². The molecule has 2 aromatic heterocycles. The lowest BCUT2D eigenvalue weighted by Gasteiger charge is -2.39. The second kappa shape index (κ2) is 15.0. The maximum atomic E-state index is 14.8. The summed E-state index contributed by atoms with van der Waals surface area (Å²) < 4.78 is 44.0. The van der Waals surface area contributed by atoms with Gasteiger partial charge in [-0.3, -0.25) is 19.2 Å². The van der Waals surface area contributed by atoms with Crippen molar-refractivity contribution >= 4 is 44.4 Å². The van der Waals surface area contributed by atoms with Crippen LogP contribution in [-0.4, -0.2) is 102 Å². The Morgan fingerprint density at radius 2 is 1.65 bits per heavy atom. The molecule has 0 radical (unpaired) electrons. The summed E-state index contributed by atoms with van der Waals surface area (Å²) in [5.41, 5.74) is 7.89. The number of allylic oxidation sites excluding steroid dienone is 1. The number of fused-ring (bicyclic) bond motifs is 7. The van der Waals surface area contributed by atoms with Crippen LogP contribution in [0, 0.1) is 0 Å². The average Bonchev–Trinajstić information content (AvgIpc) is 3.80. The van der Waals surface area contributed by atoms with Gasteiger partial charge in [0.25, 0.3) is 11.8 Å². The van der Waals surface area contributed by atoms with E-state index in [1.165, 1.54) is 12.0 Å². The second-order valence-corrected chi connectivity index (χ2v) is 19.3. The number of sulfonamides is 1. The monoisotopic (exact) mass is 794 g/mol. The molecule has 2 atom stereocenters. The highest BCUT2D eigenvalue weighted by atomic mass is 32.2. The van der Waals surface area contributed by atoms with Gasteiger partial charge in [0.2, 0.25) is 10.0 Å². The first-order chi connectivity index (χ1) is 27.5. The molecule has 5 aliphatic rings. The van der Waals surface area contributed by atoms with Crippen LogP contribution < -0.4 is 9.46 Å². The Balaban J connectivity index is 1.25. The van der Waals surface area contributed by atoms with Gasteiger partial charge in [0, 0.05) is 60.4 Å². The lowest BCUT2D eigenvalue weighted by molar-refractivity contribution is 0.0522. The van der Waals surface area contributed by atoms with Gasteiger partial charge in [-0.15, -0.1) is 0 Å². The van der Waals surface area contributed by atoms with Gasteiger partial charge in [-0.25, -0.2) is 13.1 Å². The minimum atomic E-state index is -3.85. The number of hydrogen-bond acceptors (Lipinski definition) is 8. The first-order valence-electron chi connectivity index (χ1n) is 20.8. The molecule has 302 valence electrons. The third-order valence-corrected chi connectivity index (χ3v) is 15.1. The van der Waals surface area contributed by atoms with Crippen LogP contribution in [0.4, 0.5) is 0 Å². The van der Waals surface area contributed by atoms with Crippen molar-refractivity contribution in [1.82, 2.24) is 28.9 Å². The third kappa shape index (κ3) is 6.78. The van der Waals surface area contributed by atoms with E-state index in [-0.39, 0.29) is 17.5 Å². The number of ether oxygens (including phenoxy) is 2. The molecule has 4 aromatic rings. The minimum absolute atomic E-state index is 0.00937. The standard InChI is InChI=1S/C44H54N6O6S/c1-27(2)57(53,54)46-43(51)29-10-14-37-39(22-29)49-24-31(20-30-21-35(55-4)13-15-36(30)42(49)40(37)28-8-6-5-7-9-28)41-38(23-45-50(41)32-16-18-56-19-17-32)44(52)48-25-33-11-12-34(26-48)47(33)3/h10,13-15,20-23,27-28,32-34H,5-9,11-12,16-19,24-26H2,1-4H3,(H,46,51). The van der Waals surface area contributed by atoms with Gasteiger partial charge in [-0.05, 0) is 118 Å². The van der Waals surface area contributed by atoms with Gasteiger partial charge in [0.15, 0.2) is 0 Å². The van der Waals surface area contributed by atoms with Crippen LogP contribution in [0.15, 0.2) is 42.6 Å². The van der Waals surface area contributed by atoms with Crippen LogP contribution in [0.25, 0.3) is 33.8 Å². The molecule has 2 unspecified atom stereocenters. The zero-order chi connectivity index (χ0) is 39.6. The van der Waals surface area contributed by atoms with Crippen LogP contribution >= 0.6 is 0 Å². The van der Waals surface area contributed by atoms with E-state index < -0.39 is 21.2 Å². The zero-order valence-electron chi connectivity index (χ0n) is 33.5. The van der Waals surface area contributed by atoms with Gasteiger partial charge in [0.05, 0.1) is 48.1 Å². The Kier molecular flexibility index (Phi) is 10.1. The average molecular weight is 795 g/mol. The van der Waals surface area contributed by atoms with Crippen molar-refractivity contribution < 1.29 is 27.5 Å².